The lowest BCUT2D eigenvalue weighted by Crippen LogP contribution is -2.22. The number of benzene rings is 4. The van der Waals surface area contributed by atoms with E-state index in [1.165, 1.54) is 5.39 Å². The average molecular weight is 601 g/mol. The topological polar surface area (TPSA) is 58.9 Å². The third-order valence-corrected chi connectivity index (χ3v) is 8.45. The van der Waals surface area contributed by atoms with Crippen LogP contribution in [-0.4, -0.2) is 33.2 Å². The maximum atomic E-state index is 6.53. The molecule has 4 aromatic carbocycles. The Labute approximate surface area is 265 Å². The molecule has 0 unspecified atom stereocenters. The second-order valence-electron chi connectivity index (χ2n) is 11.4. The summed E-state index contributed by atoms with van der Waals surface area (Å²) < 4.78 is 15.0. The monoisotopic (exact) mass is 600 g/mol. The van der Waals surface area contributed by atoms with Gasteiger partial charge in [0.2, 0.25) is 5.75 Å². The van der Waals surface area contributed by atoms with E-state index < -0.39 is 0 Å². The van der Waals surface area contributed by atoms with E-state index in [4.69, 9.17) is 14.5 Å². The van der Waals surface area contributed by atoms with Gasteiger partial charge in [-0.3, -0.25) is 4.57 Å². The van der Waals surface area contributed by atoms with Crippen molar-refractivity contribution >= 4 is 44.6 Å². The van der Waals surface area contributed by atoms with Gasteiger partial charge in [-0.25, -0.2) is 9.97 Å². The van der Waals surface area contributed by atoms with Crippen molar-refractivity contribution in [1.29, 1.82) is 0 Å². The first-order valence-electron chi connectivity index (χ1n) is 15.1. The molecule has 0 fully saturated rings. The molecular formula is C38H28N6O2. The van der Waals surface area contributed by atoms with E-state index in [-0.39, 0.29) is 0 Å². The predicted octanol–water partition coefficient (Wildman–Crippen LogP) is 9.12. The van der Waals surface area contributed by atoms with Crippen molar-refractivity contribution in [2.75, 3.05) is 23.5 Å². The van der Waals surface area contributed by atoms with Crippen molar-refractivity contribution in [2.24, 2.45) is 0 Å². The van der Waals surface area contributed by atoms with Gasteiger partial charge in [0.25, 0.3) is 5.88 Å². The van der Waals surface area contributed by atoms with Crippen LogP contribution in [0.3, 0.4) is 0 Å². The van der Waals surface area contributed by atoms with Crippen molar-refractivity contribution in [3.63, 3.8) is 0 Å². The van der Waals surface area contributed by atoms with Crippen molar-refractivity contribution in [1.82, 2.24) is 19.4 Å². The van der Waals surface area contributed by atoms with Gasteiger partial charge in [-0.1, -0.05) is 48.5 Å². The summed E-state index contributed by atoms with van der Waals surface area (Å²) >= 11 is 0. The Morgan fingerprint density at radius 3 is 2.30 bits per heavy atom. The Kier molecular flexibility index (Phi) is 5.92. The van der Waals surface area contributed by atoms with Crippen LogP contribution in [0.4, 0.5) is 22.7 Å². The van der Waals surface area contributed by atoms with Crippen LogP contribution >= 0.6 is 0 Å². The molecule has 0 radical (unpaired) electrons. The fourth-order valence-corrected chi connectivity index (χ4v) is 6.36. The van der Waals surface area contributed by atoms with Gasteiger partial charge in [-0.2, -0.15) is 0 Å². The molecule has 9 rings (SSSR count). The Balaban J connectivity index is 1.28. The summed E-state index contributed by atoms with van der Waals surface area (Å²) in [5.74, 6) is 3.12. The molecule has 7 aromatic rings. The number of para-hydroxylation sites is 3. The summed E-state index contributed by atoms with van der Waals surface area (Å²) in [6, 6.07) is 39.2. The zero-order valence-corrected chi connectivity index (χ0v) is 25.0. The number of nitrogens with zero attached hydrogens (tertiary/aromatic N) is 6. The Hall–Kier alpha value is -6.28. The van der Waals surface area contributed by atoms with Gasteiger partial charge in [-0.05, 0) is 66.7 Å². The Morgan fingerprint density at radius 1 is 0.652 bits per heavy atom. The first kappa shape index (κ1) is 26.2. The minimum Gasteiger partial charge on any atom is -0.445 e. The third kappa shape index (κ3) is 4.22. The van der Waals surface area contributed by atoms with Crippen LogP contribution in [0, 0.1) is 0 Å². The molecule has 222 valence electrons. The normalized spacial score (nSPS) is 13.4. The molecule has 46 heavy (non-hydrogen) atoms. The van der Waals surface area contributed by atoms with Crippen LogP contribution in [-0.2, 0) is 0 Å². The molecule has 0 bridgehead atoms. The van der Waals surface area contributed by atoms with E-state index in [1.807, 2.05) is 54.7 Å². The Bertz CT molecular complexity index is 2300. The summed E-state index contributed by atoms with van der Waals surface area (Å²) in [5, 5.41) is 2.32. The number of rotatable bonds is 5. The number of anilines is 4. The van der Waals surface area contributed by atoms with Gasteiger partial charge < -0.3 is 24.2 Å². The standard InChI is InChI=1S/C38H28N6O2/c1-41-21-22-42(25-41)26-9-8-10-27(23-26)43(32-18-20-40-38-37(32)45-34-13-4-5-14-35(34)46-38)28-16-17-30-29-11-2-3-12-31(29)44(33(30)24-28)36-15-6-7-19-39-36/h2-24H,25H2,1H3. The summed E-state index contributed by atoms with van der Waals surface area (Å²) in [6.45, 7) is 0.776. The van der Waals surface area contributed by atoms with Crippen molar-refractivity contribution < 1.29 is 9.47 Å². The molecule has 3 aromatic heterocycles. The van der Waals surface area contributed by atoms with Gasteiger partial charge >= 0.3 is 0 Å². The van der Waals surface area contributed by atoms with E-state index in [1.54, 1.807) is 6.20 Å². The summed E-state index contributed by atoms with van der Waals surface area (Å²) in [5.41, 5.74) is 5.96. The van der Waals surface area contributed by atoms with E-state index in [0.29, 0.717) is 23.1 Å². The second-order valence-corrected chi connectivity index (χ2v) is 11.4. The van der Waals surface area contributed by atoms with Crippen molar-refractivity contribution in [2.45, 2.75) is 0 Å². The highest BCUT2D eigenvalue weighted by molar-refractivity contribution is 6.10. The number of aromatic nitrogens is 3. The third-order valence-electron chi connectivity index (χ3n) is 8.45. The van der Waals surface area contributed by atoms with Gasteiger partial charge in [0.1, 0.15) is 5.82 Å². The number of pyridine rings is 2. The molecule has 5 heterocycles. The zero-order valence-electron chi connectivity index (χ0n) is 25.0. The quantitative estimate of drug-likeness (QED) is 0.195. The minimum atomic E-state index is 0.421. The Morgan fingerprint density at radius 2 is 1.46 bits per heavy atom. The molecule has 2 aliphatic heterocycles. The molecule has 0 spiro atoms. The van der Waals surface area contributed by atoms with Crippen LogP contribution in [0.5, 0.6) is 23.1 Å². The molecule has 2 aliphatic rings. The van der Waals surface area contributed by atoms with E-state index in [9.17, 15) is 0 Å². The average Bonchev–Trinajstić information content (AvgIpc) is 3.69. The maximum absolute atomic E-state index is 6.53. The largest absolute Gasteiger partial charge is 0.445 e. The lowest BCUT2D eigenvalue weighted by molar-refractivity contribution is 0.349. The van der Waals surface area contributed by atoms with Crippen molar-refractivity contribution in [3.05, 3.63) is 140 Å². The maximum Gasteiger partial charge on any atom is 0.265 e. The van der Waals surface area contributed by atoms with Crippen LogP contribution < -0.4 is 19.3 Å². The summed E-state index contributed by atoms with van der Waals surface area (Å²) in [6.07, 6.45) is 7.78. The molecule has 0 saturated carbocycles. The highest BCUT2D eigenvalue weighted by Crippen LogP contribution is 2.52. The van der Waals surface area contributed by atoms with Crippen LogP contribution in [0.25, 0.3) is 27.6 Å². The fourth-order valence-electron chi connectivity index (χ4n) is 6.36. The van der Waals surface area contributed by atoms with Gasteiger partial charge in [-0.15, -0.1) is 0 Å². The summed E-state index contributed by atoms with van der Waals surface area (Å²) in [4.78, 5) is 15.9. The van der Waals surface area contributed by atoms with Crippen molar-refractivity contribution in [3.8, 4) is 28.9 Å². The minimum absolute atomic E-state index is 0.421. The molecule has 0 saturated heterocycles. The molecule has 0 amide bonds. The first-order valence-corrected chi connectivity index (χ1v) is 15.1. The molecule has 0 atom stereocenters. The number of ether oxygens (including phenoxy) is 2. The predicted molar refractivity (Wildman–Crippen MR) is 182 cm³/mol. The lowest BCUT2D eigenvalue weighted by atomic mass is 10.1. The van der Waals surface area contributed by atoms with Crippen LogP contribution in [0.15, 0.2) is 140 Å². The zero-order chi connectivity index (χ0) is 30.6. The second kappa shape index (κ2) is 10.4. The lowest BCUT2D eigenvalue weighted by Gasteiger charge is -2.30. The number of hydrogen-bond acceptors (Lipinski definition) is 7. The summed E-state index contributed by atoms with van der Waals surface area (Å²) in [7, 11) is 2.07. The van der Waals surface area contributed by atoms with E-state index in [0.717, 1.165) is 51.7 Å². The molecular weight excluding hydrogens is 572 g/mol. The van der Waals surface area contributed by atoms with Crippen LogP contribution in [0.1, 0.15) is 0 Å². The van der Waals surface area contributed by atoms with E-state index in [2.05, 4.69) is 110 Å². The number of fused-ring (bicyclic) bond motifs is 5. The van der Waals surface area contributed by atoms with Crippen LogP contribution in [0.2, 0.25) is 0 Å². The fraction of sp³-hybridized carbons (Fsp3) is 0.0526. The molecule has 0 aliphatic carbocycles. The van der Waals surface area contributed by atoms with Gasteiger partial charge in [0.05, 0.1) is 23.4 Å². The van der Waals surface area contributed by atoms with Gasteiger partial charge in [0.15, 0.2) is 11.5 Å². The molecule has 0 N–H and O–H groups in total. The first-order chi connectivity index (χ1) is 22.7. The SMILES string of the molecule is CN1C=CN(c2cccc(N(c3ccc4c5ccccc5n(-c5ccccn5)c4c3)c3ccnc4c3Oc3ccccc3O4)c2)C1. The van der Waals surface area contributed by atoms with E-state index >= 15 is 0 Å². The van der Waals surface area contributed by atoms with Gasteiger partial charge in [0, 0.05) is 59.7 Å². The highest BCUT2D eigenvalue weighted by atomic mass is 16.6. The highest BCUT2D eigenvalue weighted by Gasteiger charge is 2.28. The number of hydrogen-bond donors (Lipinski definition) is 0. The smallest absolute Gasteiger partial charge is 0.265 e. The molecule has 8 nitrogen and oxygen atoms in total. The molecule has 8 heteroatoms.